The molecule has 5 heteroatoms. The summed E-state index contributed by atoms with van der Waals surface area (Å²) in [7, 11) is 4.86. The third-order valence-corrected chi connectivity index (χ3v) is 5.58. The number of rotatable bonds is 5. The first-order valence-corrected chi connectivity index (χ1v) is 10.2. The van der Waals surface area contributed by atoms with Crippen molar-refractivity contribution >= 4 is 11.6 Å². The van der Waals surface area contributed by atoms with Crippen LogP contribution in [0.4, 0.5) is 0 Å². The minimum atomic E-state index is 0.356. The largest absolute Gasteiger partial charge is 0.497 e. The van der Waals surface area contributed by atoms with Crippen LogP contribution in [0.15, 0.2) is 48.5 Å². The van der Waals surface area contributed by atoms with Gasteiger partial charge in [0.15, 0.2) is 0 Å². The van der Waals surface area contributed by atoms with E-state index in [1.165, 1.54) is 0 Å². The fourth-order valence-corrected chi connectivity index (χ4v) is 4.05. The second-order valence-electron chi connectivity index (χ2n) is 7.33. The quantitative estimate of drug-likeness (QED) is 0.552. The Bertz CT molecular complexity index is 1160. The molecule has 4 rings (SSSR count). The van der Waals surface area contributed by atoms with Gasteiger partial charge in [-0.25, -0.2) is 4.98 Å². The van der Waals surface area contributed by atoms with Crippen molar-refractivity contribution in [3.63, 3.8) is 0 Å². The Morgan fingerprint density at radius 1 is 0.871 bits per heavy atom. The summed E-state index contributed by atoms with van der Waals surface area (Å²) in [6, 6.07) is 18.1. The second-order valence-corrected chi connectivity index (χ2v) is 7.33. The number of nitrogens with zero attached hydrogens (tertiary/aromatic N) is 2. The van der Waals surface area contributed by atoms with Crippen LogP contribution in [-0.4, -0.2) is 26.3 Å². The molecule has 0 saturated heterocycles. The first-order valence-electron chi connectivity index (χ1n) is 10.2. The van der Waals surface area contributed by atoms with E-state index in [0.29, 0.717) is 11.4 Å². The monoisotopic (exact) mass is 412 g/mol. The third kappa shape index (κ3) is 3.97. The fraction of sp³-hybridized carbons (Fsp3) is 0.231. The van der Waals surface area contributed by atoms with Gasteiger partial charge in [0.25, 0.3) is 0 Å². The van der Waals surface area contributed by atoms with E-state index >= 15 is 0 Å². The normalized spacial score (nSPS) is 13.9. The minimum Gasteiger partial charge on any atom is -0.497 e. The number of nitriles is 1. The zero-order chi connectivity index (χ0) is 21.8. The Morgan fingerprint density at radius 3 is 2.10 bits per heavy atom. The van der Waals surface area contributed by atoms with Gasteiger partial charge in [0.05, 0.1) is 27.0 Å². The lowest BCUT2D eigenvalue weighted by atomic mass is 9.84. The standard InChI is InChI=1S/C26H24N2O3/c1-29-20-11-7-17(8-12-20)15-19-5-4-6-22-24(18-9-13-21(30-2)14-10-18)23(16-27)26(31-3)28-25(19)22/h7-15H,4-6H2,1-3H3/b19-15+. The molecule has 0 saturated carbocycles. The Morgan fingerprint density at radius 2 is 1.52 bits per heavy atom. The lowest BCUT2D eigenvalue weighted by molar-refractivity contribution is 0.395. The van der Waals surface area contributed by atoms with Gasteiger partial charge in [-0.3, -0.25) is 0 Å². The van der Waals surface area contributed by atoms with E-state index in [2.05, 4.69) is 12.1 Å². The van der Waals surface area contributed by atoms with E-state index in [-0.39, 0.29) is 0 Å². The first kappa shape index (κ1) is 20.5. The number of fused-ring (bicyclic) bond motifs is 1. The molecule has 31 heavy (non-hydrogen) atoms. The predicted molar refractivity (Wildman–Crippen MR) is 121 cm³/mol. The van der Waals surface area contributed by atoms with Crippen molar-refractivity contribution in [3.05, 3.63) is 70.9 Å². The topological polar surface area (TPSA) is 64.4 Å². The average Bonchev–Trinajstić information content (AvgIpc) is 2.83. The van der Waals surface area contributed by atoms with Crippen molar-refractivity contribution in [3.8, 4) is 34.6 Å². The Hall–Kier alpha value is -3.78. The number of hydrogen-bond acceptors (Lipinski definition) is 5. The zero-order valence-corrected chi connectivity index (χ0v) is 17.9. The van der Waals surface area contributed by atoms with Crippen LogP contribution in [0, 0.1) is 11.3 Å². The molecule has 0 amide bonds. The van der Waals surface area contributed by atoms with E-state index in [0.717, 1.165) is 64.3 Å². The maximum absolute atomic E-state index is 9.92. The molecule has 0 bridgehead atoms. The van der Waals surface area contributed by atoms with Gasteiger partial charge in [-0.15, -0.1) is 0 Å². The molecule has 2 aromatic carbocycles. The maximum Gasteiger partial charge on any atom is 0.232 e. The summed E-state index contributed by atoms with van der Waals surface area (Å²) in [5.41, 5.74) is 6.55. The lowest BCUT2D eigenvalue weighted by Crippen LogP contribution is -2.10. The Labute approximate surface area is 182 Å². The van der Waals surface area contributed by atoms with Gasteiger partial charge in [0, 0.05) is 5.56 Å². The van der Waals surface area contributed by atoms with Crippen LogP contribution < -0.4 is 14.2 Å². The van der Waals surface area contributed by atoms with Crippen molar-refractivity contribution in [1.82, 2.24) is 4.98 Å². The molecule has 156 valence electrons. The van der Waals surface area contributed by atoms with Crippen LogP contribution in [0.25, 0.3) is 22.8 Å². The highest BCUT2D eigenvalue weighted by molar-refractivity contribution is 5.88. The molecule has 0 N–H and O–H groups in total. The molecule has 1 heterocycles. The SMILES string of the molecule is COc1ccc(/C=C2\CCCc3c2nc(OC)c(C#N)c3-c2ccc(OC)cc2)cc1. The van der Waals surface area contributed by atoms with E-state index in [9.17, 15) is 5.26 Å². The molecule has 0 atom stereocenters. The van der Waals surface area contributed by atoms with Gasteiger partial charge in [0.1, 0.15) is 23.1 Å². The zero-order valence-electron chi connectivity index (χ0n) is 17.9. The molecule has 0 unspecified atom stereocenters. The highest BCUT2D eigenvalue weighted by atomic mass is 16.5. The van der Waals surface area contributed by atoms with Crippen LogP contribution in [-0.2, 0) is 6.42 Å². The summed E-state index contributed by atoms with van der Waals surface area (Å²) < 4.78 is 16.1. The van der Waals surface area contributed by atoms with Gasteiger partial charge >= 0.3 is 0 Å². The van der Waals surface area contributed by atoms with Crippen molar-refractivity contribution in [2.24, 2.45) is 0 Å². The van der Waals surface area contributed by atoms with Gasteiger partial charge in [-0.1, -0.05) is 24.3 Å². The number of allylic oxidation sites excluding steroid dienone is 1. The predicted octanol–water partition coefficient (Wildman–Crippen LogP) is 5.52. The summed E-state index contributed by atoms with van der Waals surface area (Å²) in [5.74, 6) is 1.96. The molecule has 1 aliphatic rings. The average molecular weight is 412 g/mol. The van der Waals surface area contributed by atoms with Crippen LogP contribution in [0.2, 0.25) is 0 Å². The lowest BCUT2D eigenvalue weighted by Gasteiger charge is -2.24. The number of methoxy groups -OCH3 is 3. The van der Waals surface area contributed by atoms with E-state index in [1.54, 1.807) is 21.3 Å². The Balaban J connectivity index is 1.90. The number of benzene rings is 2. The number of ether oxygens (including phenoxy) is 3. The summed E-state index contributed by atoms with van der Waals surface area (Å²) >= 11 is 0. The number of aromatic nitrogens is 1. The minimum absolute atomic E-state index is 0.356. The molecule has 0 radical (unpaired) electrons. The molecule has 0 fully saturated rings. The summed E-state index contributed by atoms with van der Waals surface area (Å²) in [5, 5.41) is 9.92. The molecule has 3 aromatic rings. The van der Waals surface area contributed by atoms with Gasteiger partial charge in [0.2, 0.25) is 5.88 Å². The Kier molecular flexibility index (Phi) is 5.90. The number of hydrogen-bond donors (Lipinski definition) is 0. The van der Waals surface area contributed by atoms with Crippen LogP contribution >= 0.6 is 0 Å². The summed E-state index contributed by atoms with van der Waals surface area (Å²) in [4.78, 5) is 4.77. The highest BCUT2D eigenvalue weighted by Gasteiger charge is 2.26. The molecular formula is C26H24N2O3. The van der Waals surface area contributed by atoms with Crippen LogP contribution in [0.1, 0.15) is 35.2 Å². The van der Waals surface area contributed by atoms with Gasteiger partial charge in [-0.05, 0) is 71.9 Å². The molecule has 1 aliphatic carbocycles. The summed E-state index contributed by atoms with van der Waals surface area (Å²) in [6.45, 7) is 0. The van der Waals surface area contributed by atoms with Crippen LogP contribution in [0.5, 0.6) is 17.4 Å². The first-order chi connectivity index (χ1) is 15.2. The number of pyridine rings is 1. The highest BCUT2D eigenvalue weighted by Crippen LogP contribution is 2.41. The fourth-order valence-electron chi connectivity index (χ4n) is 4.05. The van der Waals surface area contributed by atoms with Crippen molar-refractivity contribution in [1.29, 1.82) is 5.26 Å². The van der Waals surface area contributed by atoms with E-state index < -0.39 is 0 Å². The van der Waals surface area contributed by atoms with E-state index in [1.807, 2.05) is 48.5 Å². The van der Waals surface area contributed by atoms with Gasteiger partial charge < -0.3 is 14.2 Å². The third-order valence-electron chi connectivity index (χ3n) is 5.58. The molecule has 0 aliphatic heterocycles. The maximum atomic E-state index is 9.92. The van der Waals surface area contributed by atoms with Crippen LogP contribution in [0.3, 0.4) is 0 Å². The molecule has 1 aromatic heterocycles. The molecule has 0 spiro atoms. The van der Waals surface area contributed by atoms with Gasteiger partial charge in [-0.2, -0.15) is 5.26 Å². The summed E-state index contributed by atoms with van der Waals surface area (Å²) in [6.07, 6.45) is 4.94. The molecular weight excluding hydrogens is 388 g/mol. The smallest absolute Gasteiger partial charge is 0.232 e. The second kappa shape index (κ2) is 8.93. The molecule has 5 nitrogen and oxygen atoms in total. The van der Waals surface area contributed by atoms with E-state index in [4.69, 9.17) is 19.2 Å². The van der Waals surface area contributed by atoms with Crippen molar-refractivity contribution in [2.45, 2.75) is 19.3 Å². The van der Waals surface area contributed by atoms with Crippen molar-refractivity contribution < 1.29 is 14.2 Å². The van der Waals surface area contributed by atoms with Crippen molar-refractivity contribution in [2.75, 3.05) is 21.3 Å².